The van der Waals surface area contributed by atoms with Gasteiger partial charge in [0.1, 0.15) is 5.52 Å². The number of piperazine rings is 1. The molecule has 3 aromatic rings. The Kier molecular flexibility index (Phi) is 4.72. The standard InChI is InChI=1S/C21H20FN5O/c1-3-14-4-5-16(13(2)10-14)26-19-15(21(28)27-8-6-23-7-9-27)11-17-20(18(19)22)25-12-24-17/h1,4-5,10-12,23,26H,6-9H2,2H3,(H,24,25). The van der Waals surface area contributed by atoms with Crippen LogP contribution in [0.25, 0.3) is 11.0 Å². The molecule has 3 N–H and O–H groups in total. The summed E-state index contributed by atoms with van der Waals surface area (Å²) in [5.74, 6) is 1.81. The number of carbonyl (C=O) groups excluding carboxylic acids is 1. The van der Waals surface area contributed by atoms with Crippen molar-refractivity contribution in [1.82, 2.24) is 20.2 Å². The van der Waals surface area contributed by atoms with E-state index in [4.69, 9.17) is 6.42 Å². The summed E-state index contributed by atoms with van der Waals surface area (Å²) in [6.45, 7) is 4.48. The molecule has 0 radical (unpaired) electrons. The number of rotatable bonds is 3. The third-order valence-electron chi connectivity index (χ3n) is 4.94. The molecule has 2 heterocycles. The summed E-state index contributed by atoms with van der Waals surface area (Å²) in [5, 5.41) is 6.32. The van der Waals surface area contributed by atoms with Crippen LogP contribution in [0.4, 0.5) is 15.8 Å². The second kappa shape index (κ2) is 7.33. The van der Waals surface area contributed by atoms with Crippen molar-refractivity contribution in [3.8, 4) is 12.3 Å². The molecule has 0 bridgehead atoms. The summed E-state index contributed by atoms with van der Waals surface area (Å²) >= 11 is 0. The lowest BCUT2D eigenvalue weighted by molar-refractivity contribution is 0.0736. The Morgan fingerprint density at radius 3 is 2.82 bits per heavy atom. The number of aromatic nitrogens is 2. The quantitative estimate of drug-likeness (QED) is 0.614. The van der Waals surface area contributed by atoms with Crippen molar-refractivity contribution in [2.75, 3.05) is 31.5 Å². The average Bonchev–Trinajstić information content (AvgIpc) is 3.20. The first-order valence-electron chi connectivity index (χ1n) is 9.08. The van der Waals surface area contributed by atoms with Crippen LogP contribution in [0.1, 0.15) is 21.5 Å². The number of aryl methyl sites for hydroxylation is 1. The zero-order valence-electron chi connectivity index (χ0n) is 15.5. The summed E-state index contributed by atoms with van der Waals surface area (Å²) in [6.07, 6.45) is 6.87. The molecule has 2 aromatic carbocycles. The number of nitrogens with zero attached hydrogens (tertiary/aromatic N) is 2. The number of imidazole rings is 1. The summed E-state index contributed by atoms with van der Waals surface area (Å²) in [7, 11) is 0. The molecule has 1 aliphatic heterocycles. The number of carbonyl (C=O) groups is 1. The summed E-state index contributed by atoms with van der Waals surface area (Å²) in [6, 6.07) is 7.06. The topological polar surface area (TPSA) is 73.1 Å². The van der Waals surface area contributed by atoms with Gasteiger partial charge in [0.05, 0.1) is 23.1 Å². The van der Waals surface area contributed by atoms with Gasteiger partial charge >= 0.3 is 0 Å². The van der Waals surface area contributed by atoms with Crippen molar-refractivity contribution in [1.29, 1.82) is 0 Å². The number of halogens is 1. The van der Waals surface area contributed by atoms with Crippen LogP contribution in [0.15, 0.2) is 30.6 Å². The molecular formula is C21H20FN5O. The minimum Gasteiger partial charge on any atom is -0.352 e. The molecule has 7 heteroatoms. The van der Waals surface area contributed by atoms with Crippen molar-refractivity contribution in [3.05, 3.63) is 53.1 Å². The maximum absolute atomic E-state index is 15.3. The van der Waals surface area contributed by atoms with E-state index in [0.29, 0.717) is 24.3 Å². The van der Waals surface area contributed by atoms with E-state index in [1.807, 2.05) is 13.0 Å². The molecule has 1 fully saturated rings. The molecule has 28 heavy (non-hydrogen) atoms. The maximum Gasteiger partial charge on any atom is 0.256 e. The molecule has 1 amide bonds. The molecular weight excluding hydrogens is 357 g/mol. The molecule has 1 saturated heterocycles. The molecule has 1 aromatic heterocycles. The minimum absolute atomic E-state index is 0.125. The van der Waals surface area contributed by atoms with Crippen molar-refractivity contribution in [2.24, 2.45) is 0 Å². The minimum atomic E-state index is -0.558. The van der Waals surface area contributed by atoms with Gasteiger partial charge in [0.15, 0.2) is 5.82 Å². The summed E-state index contributed by atoms with van der Waals surface area (Å²) in [4.78, 5) is 21.8. The van der Waals surface area contributed by atoms with Gasteiger partial charge in [-0.25, -0.2) is 9.37 Å². The Bertz CT molecular complexity index is 1090. The van der Waals surface area contributed by atoms with Crippen LogP contribution in [-0.2, 0) is 0 Å². The van der Waals surface area contributed by atoms with Crippen LogP contribution >= 0.6 is 0 Å². The van der Waals surface area contributed by atoms with Crippen LogP contribution in [0.2, 0.25) is 0 Å². The highest BCUT2D eigenvalue weighted by Gasteiger charge is 2.25. The largest absolute Gasteiger partial charge is 0.352 e. The Balaban J connectivity index is 1.80. The van der Waals surface area contributed by atoms with E-state index in [1.54, 1.807) is 23.1 Å². The van der Waals surface area contributed by atoms with E-state index in [1.165, 1.54) is 6.33 Å². The fraction of sp³-hybridized carbons (Fsp3) is 0.238. The van der Waals surface area contributed by atoms with E-state index >= 15 is 4.39 Å². The van der Waals surface area contributed by atoms with Gasteiger partial charge in [-0.2, -0.15) is 0 Å². The van der Waals surface area contributed by atoms with Gasteiger partial charge in [0.2, 0.25) is 0 Å². The molecule has 0 aliphatic carbocycles. The second-order valence-corrected chi connectivity index (χ2v) is 6.75. The molecule has 4 rings (SSSR count). The van der Waals surface area contributed by atoms with E-state index in [0.717, 1.165) is 24.2 Å². The lowest BCUT2D eigenvalue weighted by Crippen LogP contribution is -2.46. The van der Waals surface area contributed by atoms with Gasteiger partial charge in [-0.3, -0.25) is 4.79 Å². The first-order valence-corrected chi connectivity index (χ1v) is 9.08. The zero-order valence-corrected chi connectivity index (χ0v) is 15.5. The van der Waals surface area contributed by atoms with E-state index in [9.17, 15) is 4.79 Å². The molecule has 0 unspecified atom stereocenters. The van der Waals surface area contributed by atoms with E-state index in [2.05, 4.69) is 26.5 Å². The highest BCUT2D eigenvalue weighted by molar-refractivity contribution is 6.04. The van der Waals surface area contributed by atoms with Crippen molar-refractivity contribution in [3.63, 3.8) is 0 Å². The molecule has 0 spiro atoms. The Labute approximate surface area is 162 Å². The third-order valence-corrected chi connectivity index (χ3v) is 4.94. The van der Waals surface area contributed by atoms with Gasteiger partial charge in [-0.15, -0.1) is 6.42 Å². The SMILES string of the molecule is C#Cc1ccc(Nc2c(C(=O)N3CCNCC3)cc3[nH]cnc3c2F)c(C)c1. The highest BCUT2D eigenvalue weighted by atomic mass is 19.1. The van der Waals surface area contributed by atoms with Crippen LogP contribution in [0.3, 0.4) is 0 Å². The van der Waals surface area contributed by atoms with Gasteiger partial charge in [0, 0.05) is 37.4 Å². The van der Waals surface area contributed by atoms with Crippen LogP contribution < -0.4 is 10.6 Å². The smallest absolute Gasteiger partial charge is 0.256 e. The van der Waals surface area contributed by atoms with E-state index < -0.39 is 5.82 Å². The number of nitrogens with one attached hydrogen (secondary N) is 3. The first-order chi connectivity index (χ1) is 13.6. The number of benzene rings is 2. The summed E-state index contributed by atoms with van der Waals surface area (Å²) < 4.78 is 15.3. The first kappa shape index (κ1) is 18.0. The Morgan fingerprint density at radius 2 is 2.11 bits per heavy atom. The fourth-order valence-electron chi connectivity index (χ4n) is 3.40. The van der Waals surface area contributed by atoms with Gasteiger partial charge < -0.3 is 20.5 Å². The molecule has 142 valence electrons. The predicted octanol–water partition coefficient (Wildman–Crippen LogP) is 2.78. The van der Waals surface area contributed by atoms with Gasteiger partial charge in [0.25, 0.3) is 5.91 Å². The van der Waals surface area contributed by atoms with Gasteiger partial charge in [-0.1, -0.05) is 5.92 Å². The number of amides is 1. The van der Waals surface area contributed by atoms with Crippen LogP contribution in [0.5, 0.6) is 0 Å². The molecule has 0 saturated carbocycles. The predicted molar refractivity (Wildman–Crippen MR) is 107 cm³/mol. The number of anilines is 2. The number of fused-ring (bicyclic) bond motifs is 1. The maximum atomic E-state index is 15.3. The second-order valence-electron chi connectivity index (χ2n) is 6.75. The Morgan fingerprint density at radius 1 is 1.32 bits per heavy atom. The Hall–Kier alpha value is -3.37. The number of hydrogen-bond acceptors (Lipinski definition) is 4. The number of H-pyrrole nitrogens is 1. The summed E-state index contributed by atoms with van der Waals surface area (Å²) in [5.41, 5.74) is 3.36. The normalized spacial score (nSPS) is 14.1. The van der Waals surface area contributed by atoms with Crippen molar-refractivity contribution >= 4 is 28.3 Å². The molecule has 6 nitrogen and oxygen atoms in total. The highest BCUT2D eigenvalue weighted by Crippen LogP contribution is 2.32. The lowest BCUT2D eigenvalue weighted by Gasteiger charge is -2.28. The van der Waals surface area contributed by atoms with Crippen molar-refractivity contribution in [2.45, 2.75) is 6.92 Å². The van der Waals surface area contributed by atoms with Gasteiger partial charge in [-0.05, 0) is 36.8 Å². The zero-order chi connectivity index (χ0) is 19.7. The van der Waals surface area contributed by atoms with Crippen LogP contribution in [-0.4, -0.2) is 47.0 Å². The van der Waals surface area contributed by atoms with Crippen molar-refractivity contribution < 1.29 is 9.18 Å². The van der Waals surface area contributed by atoms with Crippen LogP contribution in [0, 0.1) is 25.1 Å². The lowest BCUT2D eigenvalue weighted by atomic mass is 10.1. The fourth-order valence-corrected chi connectivity index (χ4v) is 3.40. The third kappa shape index (κ3) is 3.19. The number of terminal acetylenes is 1. The number of hydrogen-bond donors (Lipinski definition) is 3. The average molecular weight is 377 g/mol. The monoisotopic (exact) mass is 377 g/mol. The van der Waals surface area contributed by atoms with E-state index in [-0.39, 0.29) is 22.7 Å². The molecule has 1 aliphatic rings. The number of aromatic amines is 1. The molecule has 0 atom stereocenters.